The Morgan fingerprint density at radius 1 is 1.22 bits per heavy atom. The van der Waals surface area contributed by atoms with Gasteiger partial charge in [0.1, 0.15) is 5.76 Å². The Labute approximate surface area is 162 Å². The van der Waals surface area contributed by atoms with Crippen LogP contribution >= 0.6 is 11.8 Å². The standard InChI is InChI=1S/C18H24N6O2S/c1-13(2)10-15-19-16(26-22-15)12-27-18-21-20-17(23-7-3-4-8-23)24(18)11-14-6-5-9-25-14/h5-6,9,13H,3-4,7-8,10-12H2,1-2H3. The van der Waals surface area contributed by atoms with E-state index in [-0.39, 0.29) is 0 Å². The van der Waals surface area contributed by atoms with Gasteiger partial charge < -0.3 is 13.8 Å². The van der Waals surface area contributed by atoms with Gasteiger partial charge in [-0.3, -0.25) is 4.57 Å². The third kappa shape index (κ3) is 4.35. The molecule has 0 amide bonds. The largest absolute Gasteiger partial charge is 0.467 e. The van der Waals surface area contributed by atoms with E-state index in [0.717, 1.165) is 42.2 Å². The summed E-state index contributed by atoms with van der Waals surface area (Å²) in [5.74, 6) is 4.23. The highest BCUT2D eigenvalue weighted by atomic mass is 32.2. The van der Waals surface area contributed by atoms with Gasteiger partial charge in [0.05, 0.1) is 18.6 Å². The second-order valence-electron chi connectivity index (χ2n) is 7.13. The van der Waals surface area contributed by atoms with E-state index in [1.54, 1.807) is 18.0 Å². The number of furan rings is 1. The zero-order valence-corrected chi connectivity index (χ0v) is 16.5. The molecule has 0 unspecified atom stereocenters. The van der Waals surface area contributed by atoms with Gasteiger partial charge in [0.25, 0.3) is 0 Å². The number of rotatable bonds is 8. The number of hydrogen-bond acceptors (Lipinski definition) is 8. The van der Waals surface area contributed by atoms with E-state index >= 15 is 0 Å². The lowest BCUT2D eigenvalue weighted by Crippen LogP contribution is -2.22. The topological polar surface area (TPSA) is 86.0 Å². The smallest absolute Gasteiger partial charge is 0.237 e. The van der Waals surface area contributed by atoms with Crippen molar-refractivity contribution in [2.24, 2.45) is 5.92 Å². The van der Waals surface area contributed by atoms with Gasteiger partial charge in [-0.25, -0.2) is 0 Å². The predicted molar refractivity (Wildman–Crippen MR) is 102 cm³/mol. The van der Waals surface area contributed by atoms with Crippen molar-refractivity contribution in [1.82, 2.24) is 24.9 Å². The van der Waals surface area contributed by atoms with Gasteiger partial charge in [0.15, 0.2) is 11.0 Å². The van der Waals surface area contributed by atoms with Crippen molar-refractivity contribution in [2.75, 3.05) is 18.0 Å². The molecular weight excluding hydrogens is 364 g/mol. The lowest BCUT2D eigenvalue weighted by atomic mass is 10.1. The highest BCUT2D eigenvalue weighted by Gasteiger charge is 2.22. The Bertz CT molecular complexity index is 851. The van der Waals surface area contributed by atoms with E-state index in [0.29, 0.717) is 24.1 Å². The van der Waals surface area contributed by atoms with Gasteiger partial charge >= 0.3 is 0 Å². The molecule has 1 fully saturated rings. The van der Waals surface area contributed by atoms with Gasteiger partial charge in [-0.15, -0.1) is 10.2 Å². The molecule has 0 bridgehead atoms. The van der Waals surface area contributed by atoms with Crippen molar-refractivity contribution < 1.29 is 8.94 Å². The SMILES string of the molecule is CC(C)Cc1noc(CSc2nnc(N3CCCC3)n2Cc2ccco2)n1. The van der Waals surface area contributed by atoms with Gasteiger partial charge in [-0.1, -0.05) is 30.8 Å². The first-order valence-corrected chi connectivity index (χ1v) is 10.3. The number of nitrogens with zero attached hydrogens (tertiary/aromatic N) is 6. The molecule has 1 aliphatic rings. The Morgan fingerprint density at radius 3 is 2.81 bits per heavy atom. The molecular formula is C18H24N6O2S. The number of thioether (sulfide) groups is 1. The van der Waals surface area contributed by atoms with Crippen LogP contribution in [0.3, 0.4) is 0 Å². The minimum absolute atomic E-state index is 0.502. The minimum Gasteiger partial charge on any atom is -0.467 e. The molecule has 0 aliphatic carbocycles. The van der Waals surface area contributed by atoms with Gasteiger partial charge in [-0.05, 0) is 30.9 Å². The van der Waals surface area contributed by atoms with Gasteiger partial charge in [0, 0.05) is 19.5 Å². The van der Waals surface area contributed by atoms with Gasteiger partial charge in [0.2, 0.25) is 11.8 Å². The molecule has 0 saturated carbocycles. The van der Waals surface area contributed by atoms with Crippen LogP contribution in [0.5, 0.6) is 0 Å². The Kier molecular flexibility index (Phi) is 5.47. The van der Waals surface area contributed by atoms with Crippen LogP contribution in [-0.4, -0.2) is 38.0 Å². The molecule has 8 nitrogen and oxygen atoms in total. The maximum Gasteiger partial charge on any atom is 0.237 e. The quantitative estimate of drug-likeness (QED) is 0.543. The van der Waals surface area contributed by atoms with Gasteiger partial charge in [-0.2, -0.15) is 4.98 Å². The number of anilines is 1. The van der Waals surface area contributed by atoms with Crippen molar-refractivity contribution in [2.45, 2.75) is 50.6 Å². The minimum atomic E-state index is 0.502. The molecule has 0 spiro atoms. The summed E-state index contributed by atoms with van der Waals surface area (Å²) in [6, 6.07) is 3.87. The average Bonchev–Trinajstić information content (AvgIpc) is 3.42. The van der Waals surface area contributed by atoms with Crippen molar-refractivity contribution in [3.63, 3.8) is 0 Å². The molecule has 1 aliphatic heterocycles. The summed E-state index contributed by atoms with van der Waals surface area (Å²) in [6.45, 7) is 6.92. The zero-order chi connectivity index (χ0) is 18.6. The average molecular weight is 388 g/mol. The van der Waals surface area contributed by atoms with E-state index in [4.69, 9.17) is 8.94 Å². The molecule has 0 aromatic carbocycles. The molecule has 0 N–H and O–H groups in total. The van der Waals surface area contributed by atoms with Crippen LogP contribution in [0.4, 0.5) is 5.95 Å². The van der Waals surface area contributed by atoms with Crippen molar-refractivity contribution in [3.8, 4) is 0 Å². The monoisotopic (exact) mass is 388 g/mol. The van der Waals surface area contributed by atoms with Crippen molar-refractivity contribution in [1.29, 1.82) is 0 Å². The van der Waals surface area contributed by atoms with E-state index in [9.17, 15) is 0 Å². The summed E-state index contributed by atoms with van der Waals surface area (Å²) in [5.41, 5.74) is 0. The summed E-state index contributed by atoms with van der Waals surface area (Å²) in [4.78, 5) is 6.76. The summed E-state index contributed by atoms with van der Waals surface area (Å²) in [6.07, 6.45) is 4.89. The van der Waals surface area contributed by atoms with E-state index in [1.165, 1.54) is 12.8 Å². The Morgan fingerprint density at radius 2 is 2.07 bits per heavy atom. The first-order valence-electron chi connectivity index (χ1n) is 9.34. The zero-order valence-electron chi connectivity index (χ0n) is 15.7. The van der Waals surface area contributed by atoms with Crippen LogP contribution in [0.1, 0.15) is 44.2 Å². The first-order chi connectivity index (χ1) is 13.2. The number of aromatic nitrogens is 5. The van der Waals surface area contributed by atoms with E-state index in [2.05, 4.69) is 43.7 Å². The summed E-state index contributed by atoms with van der Waals surface area (Å²) in [5, 5.41) is 13.7. The summed E-state index contributed by atoms with van der Waals surface area (Å²) in [7, 11) is 0. The van der Waals surface area contributed by atoms with Crippen LogP contribution in [0.25, 0.3) is 0 Å². The predicted octanol–water partition coefficient (Wildman–Crippen LogP) is 3.39. The highest BCUT2D eigenvalue weighted by Crippen LogP contribution is 2.27. The molecule has 4 rings (SSSR count). The second kappa shape index (κ2) is 8.16. The molecule has 0 radical (unpaired) electrons. The fourth-order valence-corrected chi connectivity index (χ4v) is 3.93. The molecule has 3 aromatic heterocycles. The van der Waals surface area contributed by atoms with E-state index < -0.39 is 0 Å². The summed E-state index contributed by atoms with van der Waals surface area (Å²) < 4.78 is 13.0. The molecule has 1 saturated heterocycles. The van der Waals surface area contributed by atoms with Crippen LogP contribution in [0, 0.1) is 5.92 Å². The lowest BCUT2D eigenvalue weighted by Gasteiger charge is -2.17. The summed E-state index contributed by atoms with van der Waals surface area (Å²) >= 11 is 1.56. The molecule has 4 heterocycles. The second-order valence-corrected chi connectivity index (χ2v) is 8.08. The number of hydrogen-bond donors (Lipinski definition) is 0. The maximum atomic E-state index is 5.54. The first kappa shape index (κ1) is 18.1. The van der Waals surface area contributed by atoms with Crippen molar-refractivity contribution >= 4 is 17.7 Å². The fourth-order valence-electron chi connectivity index (χ4n) is 3.16. The van der Waals surface area contributed by atoms with Crippen LogP contribution in [0.15, 0.2) is 32.5 Å². The lowest BCUT2D eigenvalue weighted by molar-refractivity contribution is 0.382. The normalized spacial score (nSPS) is 14.6. The Hall–Kier alpha value is -2.29. The third-order valence-corrected chi connectivity index (χ3v) is 5.36. The third-order valence-electron chi connectivity index (χ3n) is 4.41. The molecule has 3 aromatic rings. The van der Waals surface area contributed by atoms with Crippen LogP contribution in [-0.2, 0) is 18.7 Å². The maximum absolute atomic E-state index is 5.54. The Balaban J connectivity index is 1.50. The van der Waals surface area contributed by atoms with Crippen LogP contribution < -0.4 is 4.90 Å². The fraction of sp³-hybridized carbons (Fsp3) is 0.556. The highest BCUT2D eigenvalue weighted by molar-refractivity contribution is 7.98. The molecule has 144 valence electrons. The molecule has 0 atom stereocenters. The molecule has 9 heteroatoms. The van der Waals surface area contributed by atoms with E-state index in [1.807, 2.05) is 12.1 Å². The van der Waals surface area contributed by atoms with Crippen LogP contribution in [0.2, 0.25) is 0 Å². The molecule has 27 heavy (non-hydrogen) atoms. The van der Waals surface area contributed by atoms with Crippen molar-refractivity contribution in [3.05, 3.63) is 35.9 Å².